The standard InChI is InChI=1S/C15H19N3O/c1-2-19-11-10-17-14-8-9-16-15(18-14)12-13-6-4-3-5-7-13/h3-9H,2,10-12H2,1H3,(H,16,17,18). The summed E-state index contributed by atoms with van der Waals surface area (Å²) < 4.78 is 5.28. The van der Waals surface area contributed by atoms with Crippen LogP contribution in [0.4, 0.5) is 5.82 Å². The number of ether oxygens (including phenoxy) is 1. The fraction of sp³-hybridized carbons (Fsp3) is 0.333. The van der Waals surface area contributed by atoms with Gasteiger partial charge in [-0.1, -0.05) is 30.3 Å². The number of nitrogens with one attached hydrogen (secondary N) is 1. The van der Waals surface area contributed by atoms with Gasteiger partial charge < -0.3 is 10.1 Å². The molecule has 0 atom stereocenters. The summed E-state index contributed by atoms with van der Waals surface area (Å²) in [7, 11) is 0. The van der Waals surface area contributed by atoms with Crippen LogP contribution in [-0.2, 0) is 11.2 Å². The zero-order valence-electron chi connectivity index (χ0n) is 11.2. The van der Waals surface area contributed by atoms with E-state index in [2.05, 4.69) is 27.4 Å². The van der Waals surface area contributed by atoms with Gasteiger partial charge in [0.2, 0.25) is 0 Å². The van der Waals surface area contributed by atoms with E-state index in [1.165, 1.54) is 5.56 Å². The van der Waals surface area contributed by atoms with Crippen molar-refractivity contribution in [1.82, 2.24) is 9.97 Å². The van der Waals surface area contributed by atoms with E-state index in [1.54, 1.807) is 6.20 Å². The summed E-state index contributed by atoms with van der Waals surface area (Å²) in [4.78, 5) is 8.78. The Morgan fingerprint density at radius 3 is 2.79 bits per heavy atom. The highest BCUT2D eigenvalue weighted by Crippen LogP contribution is 2.07. The van der Waals surface area contributed by atoms with E-state index >= 15 is 0 Å². The lowest BCUT2D eigenvalue weighted by Crippen LogP contribution is -2.11. The predicted octanol–water partition coefficient (Wildman–Crippen LogP) is 2.52. The molecule has 1 N–H and O–H groups in total. The van der Waals surface area contributed by atoms with Crippen LogP contribution in [0.25, 0.3) is 0 Å². The Morgan fingerprint density at radius 2 is 2.00 bits per heavy atom. The number of rotatable bonds is 7. The fourth-order valence-electron chi connectivity index (χ4n) is 1.76. The summed E-state index contributed by atoms with van der Waals surface area (Å²) in [6.07, 6.45) is 2.54. The molecule has 0 aliphatic rings. The second kappa shape index (κ2) is 7.48. The Bertz CT molecular complexity index is 488. The van der Waals surface area contributed by atoms with Crippen molar-refractivity contribution in [3.8, 4) is 0 Å². The number of aromatic nitrogens is 2. The van der Waals surface area contributed by atoms with Gasteiger partial charge in [0, 0.05) is 25.8 Å². The lowest BCUT2D eigenvalue weighted by atomic mass is 10.1. The van der Waals surface area contributed by atoms with Gasteiger partial charge in [-0.2, -0.15) is 0 Å². The van der Waals surface area contributed by atoms with Crippen molar-refractivity contribution in [3.05, 3.63) is 54.0 Å². The van der Waals surface area contributed by atoms with E-state index in [9.17, 15) is 0 Å². The number of benzene rings is 1. The molecule has 0 saturated carbocycles. The van der Waals surface area contributed by atoms with Crippen molar-refractivity contribution in [2.45, 2.75) is 13.3 Å². The molecule has 0 saturated heterocycles. The van der Waals surface area contributed by atoms with Gasteiger partial charge in [0.25, 0.3) is 0 Å². The van der Waals surface area contributed by atoms with Crippen LogP contribution in [0.5, 0.6) is 0 Å². The number of hydrogen-bond acceptors (Lipinski definition) is 4. The van der Waals surface area contributed by atoms with Crippen molar-refractivity contribution in [2.75, 3.05) is 25.1 Å². The average molecular weight is 257 g/mol. The highest BCUT2D eigenvalue weighted by Gasteiger charge is 2.00. The van der Waals surface area contributed by atoms with Gasteiger partial charge in [0.1, 0.15) is 11.6 Å². The molecule has 0 amide bonds. The third-order valence-electron chi connectivity index (χ3n) is 2.67. The Hall–Kier alpha value is -1.94. The van der Waals surface area contributed by atoms with Gasteiger partial charge in [-0.3, -0.25) is 0 Å². The third kappa shape index (κ3) is 4.67. The molecule has 0 aliphatic heterocycles. The molecule has 0 aliphatic carbocycles. The molecule has 4 nitrogen and oxygen atoms in total. The first kappa shape index (κ1) is 13.5. The molecule has 4 heteroatoms. The molecule has 2 aromatic rings. The number of anilines is 1. The fourth-order valence-corrected chi connectivity index (χ4v) is 1.76. The molecule has 100 valence electrons. The molecule has 0 bridgehead atoms. The van der Waals surface area contributed by atoms with E-state index in [4.69, 9.17) is 4.74 Å². The van der Waals surface area contributed by atoms with Crippen molar-refractivity contribution < 1.29 is 4.74 Å². The SMILES string of the molecule is CCOCCNc1ccnc(Cc2ccccc2)n1. The molecule has 2 rings (SSSR count). The minimum Gasteiger partial charge on any atom is -0.380 e. The first-order valence-electron chi connectivity index (χ1n) is 6.56. The van der Waals surface area contributed by atoms with Crippen molar-refractivity contribution in [1.29, 1.82) is 0 Å². The van der Waals surface area contributed by atoms with Gasteiger partial charge in [-0.25, -0.2) is 9.97 Å². The third-order valence-corrected chi connectivity index (χ3v) is 2.67. The van der Waals surface area contributed by atoms with Crippen LogP contribution in [0.1, 0.15) is 18.3 Å². The maximum Gasteiger partial charge on any atom is 0.135 e. The second-order valence-corrected chi connectivity index (χ2v) is 4.14. The Morgan fingerprint density at radius 1 is 1.16 bits per heavy atom. The molecule has 19 heavy (non-hydrogen) atoms. The minimum absolute atomic E-state index is 0.689. The van der Waals surface area contributed by atoms with E-state index in [-0.39, 0.29) is 0 Å². The Kier molecular flexibility index (Phi) is 5.31. The van der Waals surface area contributed by atoms with E-state index < -0.39 is 0 Å². The average Bonchev–Trinajstić information content (AvgIpc) is 2.45. The lowest BCUT2D eigenvalue weighted by Gasteiger charge is -2.07. The first-order valence-corrected chi connectivity index (χ1v) is 6.56. The quantitative estimate of drug-likeness (QED) is 0.774. The van der Waals surface area contributed by atoms with Gasteiger partial charge >= 0.3 is 0 Å². The smallest absolute Gasteiger partial charge is 0.135 e. The van der Waals surface area contributed by atoms with Crippen LogP contribution in [0.3, 0.4) is 0 Å². The monoisotopic (exact) mass is 257 g/mol. The van der Waals surface area contributed by atoms with E-state index in [0.29, 0.717) is 6.61 Å². The summed E-state index contributed by atoms with van der Waals surface area (Å²) >= 11 is 0. The van der Waals surface area contributed by atoms with E-state index in [1.807, 2.05) is 31.2 Å². The van der Waals surface area contributed by atoms with Crippen LogP contribution in [0.15, 0.2) is 42.6 Å². The second-order valence-electron chi connectivity index (χ2n) is 4.14. The summed E-state index contributed by atoms with van der Waals surface area (Å²) in [6, 6.07) is 12.1. The largest absolute Gasteiger partial charge is 0.380 e. The van der Waals surface area contributed by atoms with Gasteiger partial charge in [0.15, 0.2) is 0 Å². The molecule has 0 radical (unpaired) electrons. The van der Waals surface area contributed by atoms with Crippen molar-refractivity contribution in [3.63, 3.8) is 0 Å². The van der Waals surface area contributed by atoms with Crippen molar-refractivity contribution >= 4 is 5.82 Å². The molecule has 1 aromatic heterocycles. The highest BCUT2D eigenvalue weighted by atomic mass is 16.5. The molecule has 1 heterocycles. The normalized spacial score (nSPS) is 10.4. The summed E-state index contributed by atoms with van der Waals surface area (Å²) in [6.45, 7) is 4.18. The molecular weight excluding hydrogens is 238 g/mol. The van der Waals surface area contributed by atoms with Crippen LogP contribution >= 0.6 is 0 Å². The van der Waals surface area contributed by atoms with Crippen LogP contribution in [0.2, 0.25) is 0 Å². The summed E-state index contributed by atoms with van der Waals surface area (Å²) in [5, 5.41) is 3.23. The predicted molar refractivity (Wildman–Crippen MR) is 76.3 cm³/mol. The number of nitrogens with zero attached hydrogens (tertiary/aromatic N) is 2. The van der Waals surface area contributed by atoms with Gasteiger partial charge in [0.05, 0.1) is 6.61 Å². The molecule has 0 unspecified atom stereocenters. The lowest BCUT2D eigenvalue weighted by molar-refractivity contribution is 0.158. The van der Waals surface area contributed by atoms with Crippen LogP contribution in [0, 0.1) is 0 Å². The maximum atomic E-state index is 5.28. The van der Waals surface area contributed by atoms with E-state index in [0.717, 1.165) is 31.2 Å². The Balaban J connectivity index is 1.91. The minimum atomic E-state index is 0.689. The van der Waals surface area contributed by atoms with Crippen LogP contribution in [-0.4, -0.2) is 29.7 Å². The topological polar surface area (TPSA) is 47.0 Å². The Labute approximate surface area is 113 Å². The highest BCUT2D eigenvalue weighted by molar-refractivity contribution is 5.33. The molecule has 0 fully saturated rings. The first-order chi connectivity index (χ1) is 9.38. The van der Waals surface area contributed by atoms with Crippen LogP contribution < -0.4 is 5.32 Å². The van der Waals surface area contributed by atoms with Crippen molar-refractivity contribution in [2.24, 2.45) is 0 Å². The summed E-state index contributed by atoms with van der Waals surface area (Å²) in [5.41, 5.74) is 1.22. The summed E-state index contributed by atoms with van der Waals surface area (Å²) in [5.74, 6) is 1.67. The molecule has 1 aromatic carbocycles. The number of hydrogen-bond donors (Lipinski definition) is 1. The zero-order chi connectivity index (χ0) is 13.3. The molecule has 0 spiro atoms. The maximum absolute atomic E-state index is 5.28. The zero-order valence-corrected chi connectivity index (χ0v) is 11.2. The molecular formula is C15H19N3O. The van der Waals surface area contributed by atoms with Gasteiger partial charge in [-0.05, 0) is 18.6 Å². The van der Waals surface area contributed by atoms with Gasteiger partial charge in [-0.15, -0.1) is 0 Å².